The number of hydrogen-bond donors (Lipinski definition) is 6. The lowest BCUT2D eigenvalue weighted by Crippen LogP contribution is -2.64. The average Bonchev–Trinajstić information content (AvgIpc) is 3.37. The Morgan fingerprint density at radius 2 is 1.61 bits per heavy atom. The van der Waals surface area contributed by atoms with Gasteiger partial charge in [0.05, 0.1) is 31.7 Å². The number of phenolic OH excluding ortho intramolecular Hbond substituents is 1. The normalized spacial score (nSPS) is 34.3. The van der Waals surface area contributed by atoms with Crippen molar-refractivity contribution in [2.75, 3.05) is 13.2 Å². The SMILES string of the molecule is C=C1[C@@H]2CC[C@H]3[C@]4(C)C[C@H](O[C@@H]5O[C@H](COC(=O)CCC(=O)NCCc6cc(I)c(O)c(I)c6)[C@@H](OS(=O)(=O)O)[C@H](OS(=O)(=O)O)[C@H]5OC(=O)CC(C)C)C[C@@H](C(=O)O)[C@H]4CC[C@]3(C2)[C@@H]1O. The summed E-state index contributed by atoms with van der Waals surface area (Å²) in [5.74, 6) is -5.10. The van der Waals surface area contributed by atoms with Crippen molar-refractivity contribution in [1.82, 2.24) is 5.32 Å². The highest BCUT2D eigenvalue weighted by atomic mass is 127. The first-order valence-corrected chi connectivity index (χ1v) is 26.6. The van der Waals surface area contributed by atoms with Crippen LogP contribution in [0, 0.1) is 47.6 Å². The molecule has 66 heavy (non-hydrogen) atoms. The number of ether oxygens (including phenoxy) is 4. The largest absolute Gasteiger partial charge is 0.506 e. The average molecular weight is 1200 g/mol. The molecule has 1 amide bonds. The second-order valence-electron chi connectivity index (χ2n) is 18.8. The lowest BCUT2D eigenvalue weighted by Gasteiger charge is -2.62. The number of carboxylic acids is 1. The summed E-state index contributed by atoms with van der Waals surface area (Å²) in [7, 11) is -11.1. The number of carboxylic acid groups (broad SMARTS) is 1. The number of nitrogens with one attached hydrogen (secondary N) is 1. The Labute approximate surface area is 410 Å². The highest BCUT2D eigenvalue weighted by molar-refractivity contribution is 14.1. The van der Waals surface area contributed by atoms with E-state index in [0.29, 0.717) is 39.2 Å². The Bertz CT molecular complexity index is 2240. The van der Waals surface area contributed by atoms with Crippen LogP contribution in [0.25, 0.3) is 0 Å². The number of fused-ring (bicyclic) bond motifs is 3. The molecule has 0 aromatic heterocycles. The fraction of sp³-hybridized carbons (Fsp3) is 0.714. The number of aliphatic carboxylic acids is 1. The third kappa shape index (κ3) is 12.2. The predicted octanol–water partition coefficient (Wildman–Crippen LogP) is 4.27. The van der Waals surface area contributed by atoms with E-state index < -0.39 is 117 Å². The van der Waals surface area contributed by atoms with Crippen LogP contribution in [0.3, 0.4) is 0 Å². The number of halogens is 2. The van der Waals surface area contributed by atoms with E-state index in [1.165, 1.54) is 0 Å². The van der Waals surface area contributed by atoms with Crippen molar-refractivity contribution in [2.24, 2.45) is 40.4 Å². The number of amides is 1. The van der Waals surface area contributed by atoms with Crippen LogP contribution < -0.4 is 5.32 Å². The molecule has 1 spiro atoms. The highest BCUT2D eigenvalue weighted by Crippen LogP contribution is 2.70. The van der Waals surface area contributed by atoms with Crippen LogP contribution in [0.2, 0.25) is 0 Å². The summed E-state index contributed by atoms with van der Waals surface area (Å²) in [5.41, 5.74) is 0.333. The van der Waals surface area contributed by atoms with Crippen LogP contribution in [-0.2, 0) is 73.7 Å². The maximum Gasteiger partial charge on any atom is 0.397 e. The molecule has 1 aliphatic heterocycles. The number of aliphatic hydroxyl groups excluding tert-OH is 1. The predicted molar refractivity (Wildman–Crippen MR) is 246 cm³/mol. The topological polar surface area (TPSA) is 305 Å². The molecule has 1 saturated heterocycles. The molecule has 4 saturated carbocycles. The van der Waals surface area contributed by atoms with Crippen LogP contribution in [0.15, 0.2) is 24.3 Å². The van der Waals surface area contributed by atoms with E-state index >= 15 is 0 Å². The van der Waals surface area contributed by atoms with Gasteiger partial charge in [-0.05, 0) is 149 Å². The van der Waals surface area contributed by atoms with Crippen molar-refractivity contribution in [3.63, 3.8) is 0 Å². The molecule has 0 unspecified atom stereocenters. The molecule has 1 heterocycles. The first-order chi connectivity index (χ1) is 30.7. The number of esters is 2. The second-order valence-corrected chi connectivity index (χ2v) is 23.2. The standard InChI is InChI=1S/C42H57I2NO19S2/c1-20(2)13-33(48)62-37-36(64-66(56,57)58)35(63-65(53,54)55)29(19-59-32(47)8-7-31(46)45-12-10-22-14-27(43)34(49)28(44)15-22)61-40(37)60-24-16-25(39(51)52)26-9-11-42-17-23(21(3)38(42)50)5-6-30(42)41(26,4)18-24/h14-15,20,23-26,29-30,35-38,40,49-50H,3,5-13,16-19H2,1-2,4H3,(H,45,46)(H,51,52)(H,53,54,55)(H,56,57,58)/t23-,24-,25-,26-,29-,30+,35-,36+,37-,38-,40-,41-,42-/m1/s1. The van der Waals surface area contributed by atoms with E-state index in [1.807, 2.05) is 52.1 Å². The lowest BCUT2D eigenvalue weighted by molar-refractivity contribution is -0.316. The first kappa shape index (κ1) is 53.1. The Balaban J connectivity index is 1.25. The number of benzene rings is 1. The van der Waals surface area contributed by atoms with Crippen molar-refractivity contribution in [1.29, 1.82) is 0 Å². The smallest absolute Gasteiger partial charge is 0.397 e. The molecule has 0 radical (unpaired) electrons. The molecule has 5 fully saturated rings. The lowest BCUT2D eigenvalue weighted by atomic mass is 9.43. The van der Waals surface area contributed by atoms with Crippen molar-refractivity contribution in [2.45, 2.75) is 134 Å². The van der Waals surface area contributed by atoms with Gasteiger partial charge >= 0.3 is 38.7 Å². The molecule has 2 bridgehead atoms. The molecule has 6 rings (SSSR count). The number of aromatic hydroxyl groups is 1. The molecule has 1 aromatic rings. The summed E-state index contributed by atoms with van der Waals surface area (Å²) in [4.78, 5) is 52.0. The Kier molecular flexibility index (Phi) is 16.9. The van der Waals surface area contributed by atoms with Crippen LogP contribution in [0.5, 0.6) is 5.75 Å². The number of carbonyl (C=O) groups excluding carboxylic acids is 3. The molecule has 20 nitrogen and oxygen atoms in total. The molecular formula is C42H57I2NO19S2. The van der Waals surface area contributed by atoms with Crippen molar-refractivity contribution >= 4 is 89.8 Å². The molecule has 6 N–H and O–H groups in total. The van der Waals surface area contributed by atoms with Gasteiger partial charge in [-0.3, -0.25) is 28.3 Å². The Morgan fingerprint density at radius 3 is 2.23 bits per heavy atom. The van der Waals surface area contributed by atoms with Crippen LogP contribution in [0.4, 0.5) is 0 Å². The number of rotatable bonds is 18. The molecule has 24 heteroatoms. The van der Waals surface area contributed by atoms with Gasteiger partial charge in [0.2, 0.25) is 5.91 Å². The van der Waals surface area contributed by atoms with Crippen LogP contribution in [0.1, 0.15) is 90.5 Å². The molecule has 370 valence electrons. The van der Waals surface area contributed by atoms with Gasteiger partial charge in [-0.2, -0.15) is 16.8 Å². The highest BCUT2D eigenvalue weighted by Gasteiger charge is 2.67. The van der Waals surface area contributed by atoms with E-state index in [9.17, 15) is 60.4 Å². The summed E-state index contributed by atoms with van der Waals surface area (Å²) in [6.45, 7) is 8.75. The van der Waals surface area contributed by atoms with Crippen molar-refractivity contribution in [3.8, 4) is 5.75 Å². The van der Waals surface area contributed by atoms with Gasteiger partial charge < -0.3 is 39.6 Å². The van der Waals surface area contributed by atoms with E-state index in [4.69, 9.17) is 27.3 Å². The van der Waals surface area contributed by atoms with Crippen molar-refractivity contribution < 1.29 is 87.8 Å². The molecule has 5 aliphatic rings. The zero-order valence-corrected chi connectivity index (χ0v) is 42.5. The summed E-state index contributed by atoms with van der Waals surface area (Å²) >= 11 is 3.97. The minimum absolute atomic E-state index is 0.0935. The van der Waals surface area contributed by atoms with Gasteiger partial charge in [-0.1, -0.05) is 27.4 Å². The molecule has 13 atom stereocenters. The van der Waals surface area contributed by atoms with Gasteiger partial charge in [0, 0.05) is 24.8 Å². The number of carbonyl (C=O) groups is 4. The van der Waals surface area contributed by atoms with Crippen LogP contribution in [-0.4, -0.2) is 121 Å². The van der Waals surface area contributed by atoms with Gasteiger partial charge in [0.15, 0.2) is 18.5 Å². The number of aliphatic hydroxyl groups is 1. The first-order valence-electron chi connectivity index (χ1n) is 21.7. The zero-order chi connectivity index (χ0) is 48.7. The minimum atomic E-state index is -5.57. The molecule has 1 aromatic carbocycles. The number of hydrogen-bond acceptors (Lipinski definition) is 16. The molecule has 4 aliphatic carbocycles. The van der Waals surface area contributed by atoms with Crippen LogP contribution >= 0.6 is 45.2 Å². The maximum absolute atomic E-state index is 13.3. The summed E-state index contributed by atoms with van der Waals surface area (Å²) in [6.07, 6.45) is -9.71. The third-order valence-corrected chi connectivity index (χ3v) is 16.7. The quantitative estimate of drug-likeness (QED) is 0.0393. The number of phenols is 1. The Morgan fingerprint density at radius 1 is 0.955 bits per heavy atom. The van der Waals surface area contributed by atoms with E-state index in [1.54, 1.807) is 26.0 Å². The monoisotopic (exact) mass is 1200 g/mol. The van der Waals surface area contributed by atoms with E-state index in [0.717, 1.165) is 17.6 Å². The minimum Gasteiger partial charge on any atom is -0.506 e. The fourth-order valence-electron chi connectivity index (χ4n) is 11.5. The summed E-state index contributed by atoms with van der Waals surface area (Å²) < 4.78 is 104. The van der Waals surface area contributed by atoms with Crippen molar-refractivity contribution in [3.05, 3.63) is 37.0 Å². The maximum atomic E-state index is 13.3. The molecular weight excluding hydrogens is 1140 g/mol. The summed E-state index contributed by atoms with van der Waals surface area (Å²) in [6, 6.07) is 3.53. The van der Waals surface area contributed by atoms with Gasteiger partial charge in [-0.15, -0.1) is 0 Å². The van der Waals surface area contributed by atoms with Gasteiger partial charge in [0.1, 0.15) is 24.6 Å². The fourth-order valence-corrected chi connectivity index (χ4v) is 14.4. The van der Waals surface area contributed by atoms with Gasteiger partial charge in [-0.25, -0.2) is 8.37 Å². The Hall–Kier alpha value is -2.28. The zero-order valence-electron chi connectivity index (χ0n) is 36.5. The van der Waals surface area contributed by atoms with Gasteiger partial charge in [0.25, 0.3) is 0 Å². The van der Waals surface area contributed by atoms with E-state index in [-0.39, 0.29) is 61.6 Å². The van der Waals surface area contributed by atoms with E-state index in [2.05, 4.69) is 11.9 Å². The third-order valence-electron chi connectivity index (χ3n) is 14.1. The summed E-state index contributed by atoms with van der Waals surface area (Å²) in [5, 5.41) is 35.0. The second kappa shape index (κ2) is 21.0.